The zero-order valence-electron chi connectivity index (χ0n) is 14.0. The predicted octanol–water partition coefficient (Wildman–Crippen LogP) is 6.67. The second-order valence-electron chi connectivity index (χ2n) is 6.37. The minimum absolute atomic E-state index is 0.187. The third-order valence-electron chi connectivity index (χ3n) is 4.33. The lowest BCUT2D eigenvalue weighted by Crippen LogP contribution is -2.32. The number of rotatable bonds is 10. The zero-order valence-corrected chi connectivity index (χ0v) is 18.3. The molecule has 21 heavy (non-hydrogen) atoms. The Morgan fingerprint density at radius 3 is 2.05 bits per heavy atom. The van der Waals surface area contributed by atoms with Crippen molar-refractivity contribution < 1.29 is 0 Å². The number of hydrogen-bond donors (Lipinski definition) is 0. The van der Waals surface area contributed by atoms with E-state index in [2.05, 4.69) is 77.6 Å². The van der Waals surface area contributed by atoms with E-state index in [1.54, 1.807) is 0 Å². The van der Waals surface area contributed by atoms with Crippen LogP contribution in [-0.4, -0.2) is 9.78 Å². The second kappa shape index (κ2) is 9.73. The lowest BCUT2D eigenvalue weighted by atomic mass is 9.89. The van der Waals surface area contributed by atoms with E-state index in [9.17, 15) is 0 Å². The van der Waals surface area contributed by atoms with Crippen LogP contribution < -0.4 is 0 Å². The van der Waals surface area contributed by atoms with Gasteiger partial charge in [0.25, 0.3) is 0 Å². The minimum Gasteiger partial charge on any atom is -0.252 e. The molecule has 0 aliphatic heterocycles. The highest BCUT2D eigenvalue weighted by Crippen LogP contribution is 2.33. The summed E-state index contributed by atoms with van der Waals surface area (Å²) in [5.41, 5.74) is 1.36. The van der Waals surface area contributed by atoms with Crippen LogP contribution >= 0.6 is 45.2 Å². The molecule has 0 bridgehead atoms. The molecule has 0 aromatic carbocycles. The average molecular weight is 516 g/mol. The van der Waals surface area contributed by atoms with E-state index in [0.29, 0.717) is 0 Å². The fourth-order valence-electron chi connectivity index (χ4n) is 2.84. The normalized spacial score (nSPS) is 14.4. The van der Waals surface area contributed by atoms with Gasteiger partial charge in [0.05, 0.1) is 14.8 Å². The number of aryl methyl sites for hydroxylation is 1. The van der Waals surface area contributed by atoms with Gasteiger partial charge in [0, 0.05) is 0 Å². The lowest BCUT2D eigenvalue weighted by molar-refractivity contribution is 0.223. The first-order valence-electron chi connectivity index (χ1n) is 8.37. The summed E-state index contributed by atoms with van der Waals surface area (Å²) < 4.78 is 4.96. The van der Waals surface area contributed by atoms with Crippen molar-refractivity contribution in [2.45, 2.75) is 91.0 Å². The Balaban J connectivity index is 2.79. The van der Waals surface area contributed by atoms with E-state index < -0.39 is 0 Å². The van der Waals surface area contributed by atoms with Crippen LogP contribution in [0.2, 0.25) is 0 Å². The van der Waals surface area contributed by atoms with Crippen molar-refractivity contribution in [3.05, 3.63) is 13.0 Å². The molecule has 1 heterocycles. The molecule has 0 spiro atoms. The van der Waals surface area contributed by atoms with Crippen LogP contribution in [0.3, 0.4) is 0 Å². The molecule has 0 radical (unpaired) electrons. The smallest absolute Gasteiger partial charge is 0.113 e. The van der Waals surface area contributed by atoms with Crippen LogP contribution in [0.25, 0.3) is 0 Å². The summed E-state index contributed by atoms with van der Waals surface area (Å²) in [6.45, 7) is 9.10. The summed E-state index contributed by atoms with van der Waals surface area (Å²) in [7, 11) is 0. The van der Waals surface area contributed by atoms with E-state index in [1.807, 2.05) is 0 Å². The maximum atomic E-state index is 4.85. The first kappa shape index (κ1) is 19.7. The van der Waals surface area contributed by atoms with Crippen molar-refractivity contribution in [2.24, 2.45) is 0 Å². The van der Waals surface area contributed by atoms with Crippen LogP contribution in [0.4, 0.5) is 0 Å². The highest BCUT2D eigenvalue weighted by atomic mass is 127. The topological polar surface area (TPSA) is 17.8 Å². The fraction of sp³-hybridized carbons (Fsp3) is 0.824. The zero-order chi connectivity index (χ0) is 15.9. The molecule has 1 aromatic heterocycles. The van der Waals surface area contributed by atoms with Gasteiger partial charge in [0.1, 0.15) is 3.70 Å². The number of nitrogens with zero attached hydrogens (tertiary/aromatic N) is 2. The molecule has 0 saturated heterocycles. The van der Waals surface area contributed by atoms with Gasteiger partial charge in [-0.05, 0) is 71.9 Å². The van der Waals surface area contributed by atoms with Crippen molar-refractivity contribution >= 4 is 45.2 Å². The Morgan fingerprint density at radius 2 is 1.52 bits per heavy atom. The molecular weight excluding hydrogens is 486 g/mol. The van der Waals surface area contributed by atoms with Gasteiger partial charge in [0.15, 0.2) is 0 Å². The third kappa shape index (κ3) is 5.66. The molecule has 1 rings (SSSR count). The van der Waals surface area contributed by atoms with Crippen molar-refractivity contribution in [2.75, 3.05) is 0 Å². The Kier molecular flexibility index (Phi) is 9.13. The van der Waals surface area contributed by atoms with Gasteiger partial charge in [-0.1, -0.05) is 58.8 Å². The Labute approximate surface area is 158 Å². The highest BCUT2D eigenvalue weighted by Gasteiger charge is 2.29. The van der Waals surface area contributed by atoms with Gasteiger partial charge in [-0.25, -0.2) is 0 Å². The molecule has 4 heteroatoms. The molecule has 0 amide bonds. The molecule has 122 valence electrons. The van der Waals surface area contributed by atoms with E-state index in [4.69, 9.17) is 5.10 Å². The summed E-state index contributed by atoms with van der Waals surface area (Å²) in [4.78, 5) is 0. The van der Waals surface area contributed by atoms with Crippen LogP contribution in [-0.2, 0) is 5.54 Å². The summed E-state index contributed by atoms with van der Waals surface area (Å²) in [6, 6.07) is 0. The number of halogens is 2. The summed E-state index contributed by atoms with van der Waals surface area (Å²) in [6.07, 6.45) is 11.8. The number of unbranched alkanes of at least 4 members (excludes halogenated alkanes) is 5. The molecule has 0 fully saturated rings. The lowest BCUT2D eigenvalue weighted by Gasteiger charge is -2.31. The Hall–Kier alpha value is 0.670. The Bertz CT molecular complexity index is 429. The quantitative estimate of drug-likeness (QED) is 0.251. The van der Waals surface area contributed by atoms with Gasteiger partial charge in [-0.2, -0.15) is 5.10 Å². The van der Waals surface area contributed by atoms with Crippen molar-refractivity contribution in [1.29, 1.82) is 0 Å². The largest absolute Gasteiger partial charge is 0.252 e. The summed E-state index contributed by atoms with van der Waals surface area (Å²) >= 11 is 4.90. The van der Waals surface area contributed by atoms with Gasteiger partial charge >= 0.3 is 0 Å². The van der Waals surface area contributed by atoms with Crippen LogP contribution in [0.5, 0.6) is 0 Å². The van der Waals surface area contributed by atoms with Crippen LogP contribution in [0, 0.1) is 14.2 Å². The van der Waals surface area contributed by atoms with Crippen LogP contribution in [0.1, 0.15) is 84.3 Å². The molecular formula is C17H30I2N2. The fourth-order valence-corrected chi connectivity index (χ4v) is 4.26. The third-order valence-corrected chi connectivity index (χ3v) is 7.65. The molecule has 0 aliphatic carbocycles. The molecule has 0 saturated carbocycles. The first-order chi connectivity index (χ1) is 9.96. The van der Waals surface area contributed by atoms with Crippen molar-refractivity contribution in [3.63, 3.8) is 0 Å². The minimum atomic E-state index is 0.187. The van der Waals surface area contributed by atoms with E-state index in [1.165, 1.54) is 70.8 Å². The van der Waals surface area contributed by atoms with E-state index in [0.717, 1.165) is 0 Å². The van der Waals surface area contributed by atoms with E-state index in [-0.39, 0.29) is 5.54 Å². The van der Waals surface area contributed by atoms with Gasteiger partial charge in [0.2, 0.25) is 0 Å². The number of aromatic nitrogens is 2. The predicted molar refractivity (Wildman–Crippen MR) is 109 cm³/mol. The standard InChI is InChI=1S/C17H30I2N2/c1-5-7-9-10-11-13-17(4,12-8-6-2)21-16(19)15(18)14(3)20-21/h5-13H2,1-4H3. The van der Waals surface area contributed by atoms with Crippen LogP contribution in [0.15, 0.2) is 0 Å². The highest BCUT2D eigenvalue weighted by molar-refractivity contribution is 14.1. The van der Waals surface area contributed by atoms with Gasteiger partial charge in [-0.15, -0.1) is 0 Å². The molecule has 1 atom stereocenters. The van der Waals surface area contributed by atoms with E-state index >= 15 is 0 Å². The molecule has 0 aliphatic rings. The SMILES string of the molecule is CCCCCCCC(C)(CCCC)n1nc(C)c(I)c1I. The average Bonchev–Trinajstić information content (AvgIpc) is 2.73. The molecule has 1 unspecified atom stereocenters. The molecule has 2 nitrogen and oxygen atoms in total. The first-order valence-corrected chi connectivity index (χ1v) is 10.5. The maximum absolute atomic E-state index is 4.85. The number of hydrogen-bond acceptors (Lipinski definition) is 1. The van der Waals surface area contributed by atoms with Gasteiger partial charge in [-0.3, -0.25) is 4.68 Å². The molecule has 0 N–H and O–H groups in total. The monoisotopic (exact) mass is 516 g/mol. The molecule has 1 aromatic rings. The summed E-state index contributed by atoms with van der Waals surface area (Å²) in [5, 5.41) is 4.85. The Morgan fingerprint density at radius 1 is 0.952 bits per heavy atom. The maximum Gasteiger partial charge on any atom is 0.113 e. The van der Waals surface area contributed by atoms with Crippen molar-refractivity contribution in [3.8, 4) is 0 Å². The second-order valence-corrected chi connectivity index (χ2v) is 8.47. The summed E-state index contributed by atoms with van der Waals surface area (Å²) in [5.74, 6) is 0. The van der Waals surface area contributed by atoms with Gasteiger partial charge < -0.3 is 0 Å². The van der Waals surface area contributed by atoms with Crippen molar-refractivity contribution in [1.82, 2.24) is 9.78 Å².